The van der Waals surface area contributed by atoms with Gasteiger partial charge in [0.25, 0.3) is 0 Å². The molecule has 8 aromatic rings. The minimum absolute atomic E-state index is 0. The molecule has 2 radical (unpaired) electrons. The minimum Gasteiger partial charge on any atom is -0.788 e. The molecule has 8 rings (SSSR count). The van der Waals surface area contributed by atoms with Gasteiger partial charge in [0.15, 0.2) is 0 Å². The summed E-state index contributed by atoms with van der Waals surface area (Å²) in [6, 6.07) is 66.7. The molecule has 96 heavy (non-hydrogen) atoms. The summed E-state index contributed by atoms with van der Waals surface area (Å²) < 4.78 is 0. The van der Waals surface area contributed by atoms with Gasteiger partial charge in [0, 0.05) is 0 Å². The third-order valence-electron chi connectivity index (χ3n) is 15.6. The van der Waals surface area contributed by atoms with Crippen molar-refractivity contribution in [2.24, 2.45) is 20.8 Å². The van der Waals surface area contributed by atoms with Crippen LogP contribution in [0.2, 0.25) is 0 Å². The maximum Gasteiger partial charge on any atom is 3.00 e. The number of amidine groups is 2. The Bertz CT molecular complexity index is 3060. The number of hydrogen-bond donors (Lipinski definition) is 0. The first-order valence-corrected chi connectivity index (χ1v) is 36.3. The van der Waals surface area contributed by atoms with E-state index in [9.17, 15) is 0 Å². The van der Waals surface area contributed by atoms with Crippen LogP contribution in [0.4, 0.5) is 22.7 Å². The van der Waals surface area contributed by atoms with Crippen molar-refractivity contribution in [1.29, 1.82) is 0 Å². The van der Waals surface area contributed by atoms with Gasteiger partial charge in [0.05, 0.1) is 0 Å². The zero-order chi connectivity index (χ0) is 70.3. The number of aliphatic imine (C=N–C) groups is 2. The first-order valence-electron chi connectivity index (χ1n) is 34.0. The van der Waals surface area contributed by atoms with E-state index < -0.39 is 0 Å². The molecule has 0 amide bonds. The molecule has 0 unspecified atom stereocenters. The molecule has 0 heterocycles. The van der Waals surface area contributed by atoms with Crippen molar-refractivity contribution in [3.8, 4) is 0 Å². The van der Waals surface area contributed by atoms with E-state index in [2.05, 4.69) is 225 Å². The van der Waals surface area contributed by atoms with Crippen molar-refractivity contribution in [2.75, 3.05) is 0 Å². The Labute approximate surface area is 685 Å². The normalized spacial score (nSPS) is 11.5. The van der Waals surface area contributed by atoms with Crippen LogP contribution in [0.3, 0.4) is 0 Å². The Morgan fingerprint density at radius 1 is 0.271 bits per heavy atom. The Morgan fingerprint density at radius 2 is 0.438 bits per heavy atom. The first-order chi connectivity index (χ1) is 44.4. The fourth-order valence-corrected chi connectivity index (χ4v) is 10.8. The van der Waals surface area contributed by atoms with Gasteiger partial charge in [-0.25, -0.2) is 0 Å². The smallest absolute Gasteiger partial charge is 0.788 e. The minimum atomic E-state index is -0.170. The van der Waals surface area contributed by atoms with E-state index in [0.29, 0.717) is 47.3 Å². The van der Waals surface area contributed by atoms with Crippen molar-refractivity contribution >= 4 is 84.9 Å². The molecule has 0 aliphatic carbocycles. The molecule has 10 heteroatoms. The molecular formula is C86H114N4S4Yb2. The van der Waals surface area contributed by atoms with E-state index in [1.807, 2.05) is 121 Å². The van der Waals surface area contributed by atoms with E-state index in [1.165, 1.54) is 66.8 Å². The predicted molar refractivity (Wildman–Crippen MR) is 428 cm³/mol. The van der Waals surface area contributed by atoms with Crippen LogP contribution in [0.15, 0.2) is 204 Å². The van der Waals surface area contributed by atoms with Gasteiger partial charge in [-0.2, -0.15) is 23.0 Å². The molecule has 0 N–H and O–H groups in total. The summed E-state index contributed by atoms with van der Waals surface area (Å²) in [5, 5.41) is 10.6. The molecule has 530 valence electrons. The Balaban J connectivity index is 0.000000647. The third kappa shape index (κ3) is 31.6. The summed E-state index contributed by atoms with van der Waals surface area (Å²) in [6.07, 6.45) is 0. The topological polar surface area (TPSA) is 52.9 Å². The van der Waals surface area contributed by atoms with Crippen molar-refractivity contribution in [1.82, 2.24) is 0 Å². The van der Waals surface area contributed by atoms with Crippen molar-refractivity contribution in [3.63, 3.8) is 0 Å². The predicted octanol–water partition coefficient (Wildman–Crippen LogP) is 26.9. The van der Waals surface area contributed by atoms with Gasteiger partial charge in [-0.05, 0) is 125 Å². The number of hydrogen-bond acceptors (Lipinski definition) is 6. The monoisotopic (exact) mass is 1680 g/mol. The molecule has 4 nitrogen and oxygen atoms in total. The summed E-state index contributed by atoms with van der Waals surface area (Å²) >= 11 is 19.3. The summed E-state index contributed by atoms with van der Waals surface area (Å²) in [5.41, 5.74) is 19.3. The maximum atomic E-state index is 5.32. The number of nitrogens with zero attached hydrogens (tertiary/aromatic N) is 4. The SMILES string of the molecule is CC(C)c1cccc(C(C)C)c1N=C([N-]c1c(C(C)C)cccc1C(C)C)C(C)(C)C.CC(C)c1cccc(C(C)C)c1N=C([N-]c1c(C(C)C)cccc1C(C)C)C(C)(C)C.[S-]Cc1ccccc1.[S-]Cc1ccccc1.[S-]Cc1ccccc1.[S-]Cc1ccccc1.[Yb+3].[Yb+3]. The maximum absolute atomic E-state index is 5.32. The van der Waals surface area contributed by atoms with Crippen LogP contribution >= 0.6 is 0 Å². The van der Waals surface area contributed by atoms with E-state index in [0.717, 1.165) is 57.4 Å². The second-order valence-corrected chi connectivity index (χ2v) is 29.6. The third-order valence-corrected chi connectivity index (χ3v) is 17.0. The molecule has 0 aliphatic rings. The van der Waals surface area contributed by atoms with Crippen molar-refractivity contribution in [3.05, 3.63) is 272 Å². The molecule has 0 aromatic heterocycles. The number of para-hydroxylation sites is 4. The second-order valence-electron chi connectivity index (χ2n) is 28.5. The quantitative estimate of drug-likeness (QED) is 0.0550. The van der Waals surface area contributed by atoms with Crippen LogP contribution in [0.25, 0.3) is 10.6 Å². The average molecular weight is 1680 g/mol. The Hall–Kier alpha value is -2.86. The van der Waals surface area contributed by atoms with Gasteiger partial charge in [-0.1, -0.05) is 380 Å². The van der Waals surface area contributed by atoms with E-state index in [-0.39, 0.29) is 105 Å². The van der Waals surface area contributed by atoms with Crippen LogP contribution in [-0.2, 0) is 73.5 Å². The van der Waals surface area contributed by atoms with Gasteiger partial charge in [0.2, 0.25) is 0 Å². The largest absolute Gasteiger partial charge is 3.00 e. The molecule has 0 saturated heterocycles. The second kappa shape index (κ2) is 47.3. The fraction of sp³-hybridized carbons (Fsp3) is 0.419. The fourth-order valence-electron chi connectivity index (χ4n) is 10.0. The summed E-state index contributed by atoms with van der Waals surface area (Å²) in [6.45, 7) is 49.3. The van der Waals surface area contributed by atoms with Gasteiger partial charge < -0.3 is 71.1 Å². The molecule has 0 bridgehead atoms. The van der Waals surface area contributed by atoms with Crippen LogP contribution in [0.1, 0.15) is 266 Å². The molecule has 0 spiro atoms. The summed E-state index contributed by atoms with van der Waals surface area (Å²) in [7, 11) is 0. The van der Waals surface area contributed by atoms with Crippen LogP contribution in [0.5, 0.6) is 0 Å². The van der Waals surface area contributed by atoms with Gasteiger partial charge in [-0.3, -0.25) is 0 Å². The van der Waals surface area contributed by atoms with Crippen LogP contribution in [-0.4, -0.2) is 11.7 Å². The Morgan fingerprint density at radius 3 is 0.573 bits per heavy atom. The number of rotatable bonds is 16. The Kier molecular flexibility index (Phi) is 45.0. The van der Waals surface area contributed by atoms with Gasteiger partial charge >= 0.3 is 93.8 Å². The first kappa shape index (κ1) is 91.1. The summed E-state index contributed by atoms with van der Waals surface area (Å²) in [5.74, 6) is 7.97. The zero-order valence-corrected chi connectivity index (χ0v) is 68.6. The summed E-state index contributed by atoms with van der Waals surface area (Å²) in [4.78, 5) is 10.6. The number of benzene rings is 8. The van der Waals surface area contributed by atoms with Crippen LogP contribution in [0, 0.1) is 105 Å². The van der Waals surface area contributed by atoms with E-state index in [1.54, 1.807) is 0 Å². The zero-order valence-electron chi connectivity index (χ0n) is 61.9. The van der Waals surface area contributed by atoms with Crippen molar-refractivity contribution in [2.45, 2.75) is 223 Å². The average Bonchev–Trinajstić information content (AvgIpc) is 0.855. The molecule has 0 saturated carbocycles. The van der Waals surface area contributed by atoms with Gasteiger partial charge in [-0.15, -0.1) is 0 Å². The van der Waals surface area contributed by atoms with E-state index in [4.69, 9.17) is 71.1 Å². The molecule has 0 atom stereocenters. The molecule has 0 fully saturated rings. The molecule has 8 aromatic carbocycles. The van der Waals surface area contributed by atoms with E-state index >= 15 is 0 Å². The van der Waals surface area contributed by atoms with Gasteiger partial charge in [0.1, 0.15) is 0 Å². The standard InChI is InChI=1S/2C29H43N2.4C7H8S.2Yb/c2*1-18(2)22-14-12-15-23(19(3)4)26(22)30-28(29(9,10)11)31-27-24(20(5)6)16-13-17-25(27)21(7)8;4*8-6-7-4-2-1-3-5-7;;/h2*12-21H,1-11H3;4*1-5,8H,6H2;;/q2*-1;;;;;2*+3/p-4. The molecule has 0 aliphatic heterocycles. The van der Waals surface area contributed by atoms with Crippen molar-refractivity contribution < 1.29 is 93.8 Å². The molecular weight excluding hydrogens is 1560 g/mol. The van der Waals surface area contributed by atoms with Crippen LogP contribution < -0.4 is 0 Å².